The number of ether oxygens (including phenoxy) is 2. The van der Waals surface area contributed by atoms with Crippen molar-refractivity contribution in [3.05, 3.63) is 48.6 Å². The number of aliphatic hydroxyl groups excluding tert-OH is 1. The van der Waals surface area contributed by atoms with Crippen LogP contribution in [0.1, 0.15) is 219 Å². The van der Waals surface area contributed by atoms with Gasteiger partial charge in [0.1, 0.15) is 6.10 Å². The summed E-state index contributed by atoms with van der Waals surface area (Å²) in [6.07, 6.45) is 57.5. The molecule has 1 atom stereocenters. The van der Waals surface area contributed by atoms with Gasteiger partial charge in [0.25, 0.3) is 0 Å². The Morgan fingerprint density at radius 2 is 0.882 bits per heavy atom. The van der Waals surface area contributed by atoms with E-state index in [0.29, 0.717) is 13.0 Å². The highest BCUT2D eigenvalue weighted by Gasteiger charge is 2.13. The molecule has 0 aromatic heterocycles. The van der Waals surface area contributed by atoms with Crippen molar-refractivity contribution in [1.29, 1.82) is 0 Å². The van der Waals surface area contributed by atoms with E-state index in [1.165, 1.54) is 148 Å². The molecule has 0 aliphatic heterocycles. The molecule has 4 heteroatoms. The van der Waals surface area contributed by atoms with Crippen LogP contribution in [0.25, 0.3) is 0 Å². The molecule has 0 aromatic rings. The van der Waals surface area contributed by atoms with Gasteiger partial charge in [0.2, 0.25) is 0 Å². The van der Waals surface area contributed by atoms with Crippen LogP contribution in [0.2, 0.25) is 0 Å². The summed E-state index contributed by atoms with van der Waals surface area (Å²) in [5, 5.41) is 9.60. The number of carbonyl (C=O) groups excluding carboxylic acids is 1. The van der Waals surface area contributed by atoms with Gasteiger partial charge in [-0.15, -0.1) is 0 Å². The molecule has 0 spiro atoms. The Morgan fingerprint density at radius 1 is 0.490 bits per heavy atom. The monoisotopic (exact) mass is 715 g/mol. The van der Waals surface area contributed by atoms with E-state index in [1.807, 2.05) is 0 Å². The van der Waals surface area contributed by atoms with Crippen molar-refractivity contribution < 1.29 is 19.4 Å². The van der Waals surface area contributed by atoms with Crippen molar-refractivity contribution in [1.82, 2.24) is 0 Å². The van der Waals surface area contributed by atoms with Crippen molar-refractivity contribution in [2.75, 3.05) is 19.8 Å². The molecule has 0 aromatic carbocycles. The maximum absolute atomic E-state index is 12.2. The van der Waals surface area contributed by atoms with Gasteiger partial charge in [-0.3, -0.25) is 4.79 Å². The van der Waals surface area contributed by atoms with Gasteiger partial charge in [0.15, 0.2) is 0 Å². The van der Waals surface area contributed by atoms with Gasteiger partial charge >= 0.3 is 5.97 Å². The third-order valence-corrected chi connectivity index (χ3v) is 9.64. The number of rotatable bonds is 41. The predicted octanol–water partition coefficient (Wildman–Crippen LogP) is 14.7. The van der Waals surface area contributed by atoms with Crippen LogP contribution >= 0.6 is 0 Å². The first kappa shape index (κ1) is 49.4. The Balaban J connectivity index is 3.41. The molecule has 4 nitrogen and oxygen atoms in total. The first-order chi connectivity index (χ1) is 25.2. The molecule has 0 saturated carbocycles. The smallest absolute Gasteiger partial charge is 0.306 e. The fraction of sp³-hybridized carbons (Fsp3) is 0.809. The standard InChI is InChI=1S/C47H86O4/c1-3-5-7-9-11-13-15-17-19-20-21-22-23-24-25-26-27-29-31-33-35-37-39-41-43-50-45-46(44-48)51-47(49)42-40-38-36-34-32-30-28-18-16-14-12-10-8-6-4-2/h6,8,12,14,18,20-21,28,46,48H,3-5,7,9-11,13,15-17,19,22-27,29-45H2,1-2H3/b8-6-,14-12-,21-20-,28-18-. The number of hydrogen-bond donors (Lipinski definition) is 1. The number of carbonyl (C=O) groups is 1. The maximum Gasteiger partial charge on any atom is 0.306 e. The van der Waals surface area contributed by atoms with Gasteiger partial charge in [-0.1, -0.05) is 191 Å². The van der Waals surface area contributed by atoms with Gasteiger partial charge in [-0.05, 0) is 70.6 Å². The molecule has 51 heavy (non-hydrogen) atoms. The lowest BCUT2D eigenvalue weighted by atomic mass is 10.0. The second-order valence-electron chi connectivity index (χ2n) is 14.7. The fourth-order valence-corrected chi connectivity index (χ4v) is 6.34. The normalized spacial score (nSPS) is 12.8. The quantitative estimate of drug-likeness (QED) is 0.0389. The average Bonchev–Trinajstić information content (AvgIpc) is 3.14. The molecule has 0 heterocycles. The molecule has 0 rings (SSSR count). The van der Waals surface area contributed by atoms with Gasteiger partial charge in [-0.2, -0.15) is 0 Å². The minimum absolute atomic E-state index is 0.179. The summed E-state index contributed by atoms with van der Waals surface area (Å²) in [5.74, 6) is -0.217. The van der Waals surface area contributed by atoms with E-state index in [1.54, 1.807) is 0 Å². The molecule has 0 radical (unpaired) electrons. The van der Waals surface area contributed by atoms with Gasteiger partial charge in [-0.25, -0.2) is 0 Å². The summed E-state index contributed by atoms with van der Waals surface area (Å²) >= 11 is 0. The molecule has 1 unspecified atom stereocenters. The maximum atomic E-state index is 12.2. The summed E-state index contributed by atoms with van der Waals surface area (Å²) in [6.45, 7) is 5.23. The van der Waals surface area contributed by atoms with E-state index in [2.05, 4.69) is 62.5 Å². The van der Waals surface area contributed by atoms with E-state index in [0.717, 1.165) is 51.4 Å². The summed E-state index contributed by atoms with van der Waals surface area (Å²) in [4.78, 5) is 12.2. The Hall–Kier alpha value is -1.65. The predicted molar refractivity (Wildman–Crippen MR) is 223 cm³/mol. The average molecular weight is 715 g/mol. The van der Waals surface area contributed by atoms with Crippen LogP contribution in [0.3, 0.4) is 0 Å². The minimum Gasteiger partial charge on any atom is -0.457 e. The van der Waals surface area contributed by atoms with Crippen molar-refractivity contribution in [3.63, 3.8) is 0 Å². The van der Waals surface area contributed by atoms with E-state index < -0.39 is 6.10 Å². The Kier molecular flexibility index (Phi) is 43.1. The van der Waals surface area contributed by atoms with Crippen molar-refractivity contribution in [2.24, 2.45) is 0 Å². The molecule has 0 amide bonds. The molecule has 0 aliphatic carbocycles. The largest absolute Gasteiger partial charge is 0.457 e. The number of aliphatic hydroxyl groups is 1. The van der Waals surface area contributed by atoms with Gasteiger partial charge in [0.05, 0.1) is 13.2 Å². The van der Waals surface area contributed by atoms with Crippen LogP contribution in [0, 0.1) is 0 Å². The van der Waals surface area contributed by atoms with E-state index in [9.17, 15) is 9.90 Å². The van der Waals surface area contributed by atoms with Crippen LogP contribution in [0.5, 0.6) is 0 Å². The molecule has 298 valence electrons. The molecule has 0 fully saturated rings. The number of hydrogen-bond acceptors (Lipinski definition) is 4. The lowest BCUT2D eigenvalue weighted by molar-refractivity contribution is -0.154. The van der Waals surface area contributed by atoms with E-state index in [4.69, 9.17) is 9.47 Å². The van der Waals surface area contributed by atoms with Crippen molar-refractivity contribution in [3.8, 4) is 0 Å². The van der Waals surface area contributed by atoms with Crippen molar-refractivity contribution in [2.45, 2.75) is 225 Å². The Morgan fingerprint density at radius 3 is 1.35 bits per heavy atom. The minimum atomic E-state index is -0.543. The summed E-state index contributed by atoms with van der Waals surface area (Å²) < 4.78 is 11.2. The number of unbranched alkanes of at least 4 members (excludes halogenated alkanes) is 25. The first-order valence-corrected chi connectivity index (χ1v) is 22.2. The number of esters is 1. The zero-order valence-electron chi connectivity index (χ0n) is 34.1. The van der Waals surface area contributed by atoms with Crippen LogP contribution < -0.4 is 0 Å². The van der Waals surface area contributed by atoms with Crippen LogP contribution in [-0.2, 0) is 14.3 Å². The van der Waals surface area contributed by atoms with Crippen LogP contribution in [0.15, 0.2) is 48.6 Å². The molecular weight excluding hydrogens is 629 g/mol. The summed E-state index contributed by atoms with van der Waals surface area (Å²) in [7, 11) is 0. The first-order valence-electron chi connectivity index (χ1n) is 22.2. The Labute approximate surface area is 318 Å². The van der Waals surface area contributed by atoms with Gasteiger partial charge in [0, 0.05) is 13.0 Å². The van der Waals surface area contributed by atoms with Crippen molar-refractivity contribution >= 4 is 5.97 Å². The third-order valence-electron chi connectivity index (χ3n) is 9.64. The topological polar surface area (TPSA) is 55.8 Å². The second-order valence-corrected chi connectivity index (χ2v) is 14.7. The lowest BCUT2D eigenvalue weighted by Gasteiger charge is -2.15. The molecule has 1 N–H and O–H groups in total. The third kappa shape index (κ3) is 42.7. The highest BCUT2D eigenvalue weighted by Crippen LogP contribution is 2.14. The fourth-order valence-electron chi connectivity index (χ4n) is 6.34. The van der Waals surface area contributed by atoms with E-state index in [-0.39, 0.29) is 19.2 Å². The lowest BCUT2D eigenvalue weighted by Crippen LogP contribution is -2.27. The van der Waals surface area contributed by atoms with Crippen LogP contribution in [0.4, 0.5) is 0 Å². The highest BCUT2D eigenvalue weighted by atomic mass is 16.6. The highest BCUT2D eigenvalue weighted by molar-refractivity contribution is 5.69. The summed E-state index contributed by atoms with van der Waals surface area (Å²) in [6, 6.07) is 0. The summed E-state index contributed by atoms with van der Waals surface area (Å²) in [5.41, 5.74) is 0. The molecular formula is C47H86O4. The van der Waals surface area contributed by atoms with Gasteiger partial charge < -0.3 is 14.6 Å². The van der Waals surface area contributed by atoms with E-state index >= 15 is 0 Å². The SMILES string of the molecule is CC/C=C\C/C=C\C/C=C\CCCCCCCC(=O)OC(CO)COCCCCCCCCCCCCCC/C=C\CCCCCCCCCC. The van der Waals surface area contributed by atoms with Crippen LogP contribution in [-0.4, -0.2) is 37.0 Å². The molecule has 0 aliphatic rings. The second kappa shape index (κ2) is 44.5. The zero-order chi connectivity index (χ0) is 37.0. The zero-order valence-corrected chi connectivity index (χ0v) is 34.1. The molecule has 0 saturated heterocycles. The Bertz CT molecular complexity index is 798. The molecule has 0 bridgehead atoms. The number of allylic oxidation sites excluding steroid dienone is 8.